The van der Waals surface area contributed by atoms with E-state index in [1.807, 2.05) is 18.2 Å². The highest BCUT2D eigenvalue weighted by Crippen LogP contribution is 2.22. The van der Waals surface area contributed by atoms with Gasteiger partial charge in [0.05, 0.1) is 6.61 Å². The van der Waals surface area contributed by atoms with Gasteiger partial charge < -0.3 is 15.5 Å². The maximum absolute atomic E-state index is 9.73. The number of aliphatic hydroxyl groups excluding tert-OH is 1. The van der Waals surface area contributed by atoms with Crippen LogP contribution in [0.5, 0.6) is 5.75 Å². The molecule has 0 bridgehead atoms. The first-order valence-corrected chi connectivity index (χ1v) is 8.12. The van der Waals surface area contributed by atoms with Crippen molar-refractivity contribution in [2.45, 2.75) is 26.3 Å². The molecule has 3 heteroatoms. The van der Waals surface area contributed by atoms with E-state index in [4.69, 9.17) is 0 Å². The fraction of sp³-hybridized carbons (Fsp3) is 0.238. The summed E-state index contributed by atoms with van der Waals surface area (Å²) in [4.78, 5) is 0. The number of aliphatic hydroxyl groups is 1. The van der Waals surface area contributed by atoms with Crippen LogP contribution in [0.25, 0.3) is 5.70 Å². The first-order valence-electron chi connectivity index (χ1n) is 8.12. The Bertz CT molecular complexity index is 732. The molecular formula is C21H25NO2. The van der Waals surface area contributed by atoms with Gasteiger partial charge in [0.25, 0.3) is 0 Å². The molecule has 0 radical (unpaired) electrons. The monoisotopic (exact) mass is 323 g/mol. The molecule has 3 nitrogen and oxygen atoms in total. The van der Waals surface area contributed by atoms with Crippen LogP contribution in [0, 0.1) is 0 Å². The molecule has 0 fully saturated rings. The van der Waals surface area contributed by atoms with Crippen molar-refractivity contribution in [2.24, 2.45) is 0 Å². The minimum absolute atomic E-state index is 0.105. The molecule has 0 saturated carbocycles. The molecule has 0 spiro atoms. The third-order valence-corrected chi connectivity index (χ3v) is 3.86. The fourth-order valence-corrected chi connectivity index (χ4v) is 2.61. The van der Waals surface area contributed by atoms with Gasteiger partial charge in [0.2, 0.25) is 0 Å². The molecule has 2 aromatic rings. The van der Waals surface area contributed by atoms with Gasteiger partial charge >= 0.3 is 0 Å². The van der Waals surface area contributed by atoms with Crippen LogP contribution < -0.4 is 5.32 Å². The Labute approximate surface area is 144 Å². The maximum Gasteiger partial charge on any atom is 0.116 e. The van der Waals surface area contributed by atoms with Crippen LogP contribution in [0.3, 0.4) is 0 Å². The SMILES string of the molecule is C=C(/C=C(\NCc1ccccc1C(C)C)c1cccc(O)c1)CO. The van der Waals surface area contributed by atoms with E-state index in [0.29, 0.717) is 18.0 Å². The number of benzene rings is 2. The second-order valence-electron chi connectivity index (χ2n) is 6.13. The third-order valence-electron chi connectivity index (χ3n) is 3.86. The Morgan fingerprint density at radius 2 is 1.92 bits per heavy atom. The average Bonchev–Trinajstić information content (AvgIpc) is 2.58. The molecule has 0 heterocycles. The standard InChI is InChI=1S/C21H25NO2/c1-15(2)20-10-5-4-7-18(20)13-22-21(11-16(3)14-23)17-8-6-9-19(24)12-17/h4-12,15,22-24H,3,13-14H2,1-2H3/b21-11-. The van der Waals surface area contributed by atoms with E-state index >= 15 is 0 Å². The summed E-state index contributed by atoms with van der Waals surface area (Å²) in [5.74, 6) is 0.654. The van der Waals surface area contributed by atoms with Gasteiger partial charge in [-0.15, -0.1) is 0 Å². The molecule has 0 aromatic heterocycles. The van der Waals surface area contributed by atoms with Crippen LogP contribution >= 0.6 is 0 Å². The Hall–Kier alpha value is -2.52. The highest BCUT2D eigenvalue weighted by Gasteiger charge is 2.08. The van der Waals surface area contributed by atoms with Gasteiger partial charge in [-0.2, -0.15) is 0 Å². The van der Waals surface area contributed by atoms with Crippen molar-refractivity contribution in [3.8, 4) is 5.75 Å². The Morgan fingerprint density at radius 3 is 2.58 bits per heavy atom. The van der Waals surface area contributed by atoms with Crippen molar-refractivity contribution >= 4 is 5.70 Å². The Balaban J connectivity index is 2.27. The highest BCUT2D eigenvalue weighted by molar-refractivity contribution is 5.67. The summed E-state index contributed by atoms with van der Waals surface area (Å²) in [6, 6.07) is 15.4. The van der Waals surface area contributed by atoms with E-state index in [1.165, 1.54) is 11.1 Å². The molecule has 0 amide bonds. The Morgan fingerprint density at radius 1 is 1.17 bits per heavy atom. The maximum atomic E-state index is 9.73. The second kappa shape index (κ2) is 8.37. The van der Waals surface area contributed by atoms with Gasteiger partial charge in [0, 0.05) is 17.8 Å². The minimum Gasteiger partial charge on any atom is -0.508 e. The zero-order valence-electron chi connectivity index (χ0n) is 14.3. The van der Waals surface area contributed by atoms with Gasteiger partial charge in [-0.1, -0.05) is 56.8 Å². The van der Waals surface area contributed by atoms with Gasteiger partial charge in [0.15, 0.2) is 0 Å². The van der Waals surface area contributed by atoms with E-state index in [0.717, 1.165) is 11.3 Å². The quantitative estimate of drug-likeness (QED) is 0.670. The molecule has 0 aliphatic rings. The number of nitrogens with one attached hydrogen (secondary N) is 1. The number of hydrogen-bond acceptors (Lipinski definition) is 3. The van der Waals surface area contributed by atoms with Crippen molar-refractivity contribution in [1.29, 1.82) is 0 Å². The summed E-state index contributed by atoms with van der Waals surface area (Å²) < 4.78 is 0. The molecule has 3 N–H and O–H groups in total. The summed E-state index contributed by atoms with van der Waals surface area (Å²) in [5.41, 5.74) is 4.82. The van der Waals surface area contributed by atoms with Crippen molar-refractivity contribution in [3.63, 3.8) is 0 Å². The smallest absolute Gasteiger partial charge is 0.116 e. The molecule has 24 heavy (non-hydrogen) atoms. The number of rotatable bonds is 7. The number of phenols is 1. The lowest BCUT2D eigenvalue weighted by Crippen LogP contribution is -2.14. The predicted octanol–water partition coefficient (Wildman–Crippen LogP) is 4.19. The summed E-state index contributed by atoms with van der Waals surface area (Å²) >= 11 is 0. The summed E-state index contributed by atoms with van der Waals surface area (Å²) in [6.45, 7) is 8.75. The molecule has 0 aliphatic carbocycles. The molecule has 0 saturated heterocycles. The summed E-state index contributed by atoms with van der Waals surface area (Å²) in [6.07, 6.45) is 1.81. The molecule has 0 unspecified atom stereocenters. The molecule has 126 valence electrons. The number of aromatic hydroxyl groups is 1. The molecule has 0 atom stereocenters. The highest BCUT2D eigenvalue weighted by atomic mass is 16.3. The Kier molecular flexibility index (Phi) is 6.21. The van der Waals surface area contributed by atoms with Crippen LogP contribution in [0.1, 0.15) is 36.5 Å². The van der Waals surface area contributed by atoms with Crippen molar-refractivity contribution in [2.75, 3.05) is 6.61 Å². The fourth-order valence-electron chi connectivity index (χ4n) is 2.61. The molecular weight excluding hydrogens is 298 g/mol. The molecule has 0 aliphatic heterocycles. The van der Waals surface area contributed by atoms with E-state index in [-0.39, 0.29) is 12.4 Å². The van der Waals surface area contributed by atoms with Gasteiger partial charge in [-0.25, -0.2) is 0 Å². The van der Waals surface area contributed by atoms with Gasteiger partial charge in [-0.3, -0.25) is 0 Å². The van der Waals surface area contributed by atoms with Crippen molar-refractivity contribution in [1.82, 2.24) is 5.32 Å². The van der Waals surface area contributed by atoms with E-state index in [1.54, 1.807) is 18.2 Å². The number of hydrogen-bond donors (Lipinski definition) is 3. The zero-order valence-corrected chi connectivity index (χ0v) is 14.3. The average molecular weight is 323 g/mol. The van der Waals surface area contributed by atoms with Gasteiger partial charge in [0.1, 0.15) is 5.75 Å². The van der Waals surface area contributed by atoms with Crippen LogP contribution in [0.15, 0.2) is 66.8 Å². The lowest BCUT2D eigenvalue weighted by atomic mass is 9.97. The molecule has 2 aromatic carbocycles. The van der Waals surface area contributed by atoms with Crippen LogP contribution in [-0.4, -0.2) is 16.8 Å². The van der Waals surface area contributed by atoms with Crippen LogP contribution in [0.2, 0.25) is 0 Å². The lowest BCUT2D eigenvalue weighted by Gasteiger charge is -2.16. The lowest BCUT2D eigenvalue weighted by molar-refractivity contribution is 0.335. The van der Waals surface area contributed by atoms with E-state index in [2.05, 4.69) is 43.9 Å². The van der Waals surface area contributed by atoms with Gasteiger partial charge in [-0.05, 0) is 40.8 Å². The predicted molar refractivity (Wildman–Crippen MR) is 99.7 cm³/mol. The van der Waals surface area contributed by atoms with Crippen LogP contribution in [0.4, 0.5) is 0 Å². The molecule has 2 rings (SSSR count). The number of phenolic OH excluding ortho intramolecular Hbond substituents is 1. The van der Waals surface area contributed by atoms with Crippen LogP contribution in [-0.2, 0) is 6.54 Å². The summed E-state index contributed by atoms with van der Waals surface area (Å²) in [7, 11) is 0. The summed E-state index contributed by atoms with van der Waals surface area (Å²) in [5, 5.41) is 22.4. The minimum atomic E-state index is -0.105. The third kappa shape index (κ3) is 4.74. The second-order valence-corrected chi connectivity index (χ2v) is 6.13. The first kappa shape index (κ1) is 17.8. The van der Waals surface area contributed by atoms with Crippen molar-refractivity contribution < 1.29 is 10.2 Å². The normalized spacial score (nSPS) is 11.6. The zero-order chi connectivity index (χ0) is 17.5. The van der Waals surface area contributed by atoms with Crippen molar-refractivity contribution in [3.05, 3.63) is 83.4 Å². The topological polar surface area (TPSA) is 52.5 Å². The first-order chi connectivity index (χ1) is 11.5. The van der Waals surface area contributed by atoms with E-state index < -0.39 is 0 Å². The largest absolute Gasteiger partial charge is 0.508 e. The van der Waals surface area contributed by atoms with E-state index in [9.17, 15) is 10.2 Å².